The summed E-state index contributed by atoms with van der Waals surface area (Å²) in [5, 5.41) is 11.6. The van der Waals surface area contributed by atoms with Gasteiger partial charge < -0.3 is 9.73 Å². The highest BCUT2D eigenvalue weighted by molar-refractivity contribution is 4.96. The predicted octanol–water partition coefficient (Wildman–Crippen LogP) is 1.16. The van der Waals surface area contributed by atoms with Gasteiger partial charge in [0.15, 0.2) is 0 Å². The lowest BCUT2D eigenvalue weighted by Crippen LogP contribution is -2.49. The van der Waals surface area contributed by atoms with E-state index < -0.39 is 0 Å². The Bertz CT molecular complexity index is 369. The second kappa shape index (κ2) is 4.74. The molecule has 1 atom stereocenters. The van der Waals surface area contributed by atoms with E-state index in [0.717, 1.165) is 38.0 Å². The van der Waals surface area contributed by atoms with Crippen LogP contribution in [0.2, 0.25) is 0 Å². The smallest absolute Gasteiger partial charge is 0.230 e. The molecule has 0 amide bonds. The van der Waals surface area contributed by atoms with E-state index in [1.165, 1.54) is 0 Å². The third-order valence-electron chi connectivity index (χ3n) is 3.09. The van der Waals surface area contributed by atoms with Crippen molar-refractivity contribution >= 4 is 0 Å². The van der Waals surface area contributed by atoms with E-state index in [-0.39, 0.29) is 5.41 Å². The topological polar surface area (TPSA) is 54.2 Å². The molecule has 1 aromatic rings. The van der Waals surface area contributed by atoms with Crippen LogP contribution in [-0.4, -0.2) is 40.8 Å². The number of piperazine rings is 1. The SMILES string of the molecule is CC1CNCCN1Cc1nnc(C(C)(C)C)o1. The average Bonchev–Trinajstić information content (AvgIpc) is 2.69. The largest absolute Gasteiger partial charge is 0.423 e. The zero-order valence-corrected chi connectivity index (χ0v) is 11.2. The second-order valence-electron chi connectivity index (χ2n) is 5.77. The van der Waals surface area contributed by atoms with Crippen LogP contribution in [0.25, 0.3) is 0 Å². The van der Waals surface area contributed by atoms with Crippen molar-refractivity contribution in [3.63, 3.8) is 0 Å². The molecule has 1 N–H and O–H groups in total. The van der Waals surface area contributed by atoms with E-state index in [4.69, 9.17) is 4.42 Å². The van der Waals surface area contributed by atoms with Crippen LogP contribution in [0.1, 0.15) is 39.5 Å². The number of nitrogens with one attached hydrogen (secondary N) is 1. The maximum atomic E-state index is 5.71. The molecule has 0 bridgehead atoms. The summed E-state index contributed by atoms with van der Waals surface area (Å²) in [4.78, 5) is 2.37. The minimum Gasteiger partial charge on any atom is -0.423 e. The number of aromatic nitrogens is 2. The molecular weight excluding hydrogens is 216 g/mol. The summed E-state index contributed by atoms with van der Waals surface area (Å²) in [6, 6.07) is 0.522. The Labute approximate surface area is 103 Å². The summed E-state index contributed by atoms with van der Waals surface area (Å²) in [5.74, 6) is 1.44. The lowest BCUT2D eigenvalue weighted by atomic mass is 9.97. The zero-order chi connectivity index (χ0) is 12.5. The number of hydrogen-bond acceptors (Lipinski definition) is 5. The third-order valence-corrected chi connectivity index (χ3v) is 3.09. The van der Waals surface area contributed by atoms with Crippen LogP contribution in [-0.2, 0) is 12.0 Å². The van der Waals surface area contributed by atoms with Gasteiger partial charge in [-0.2, -0.15) is 0 Å². The first kappa shape index (κ1) is 12.5. The minimum absolute atomic E-state index is 0.0691. The Kier molecular flexibility index (Phi) is 3.49. The lowest BCUT2D eigenvalue weighted by Gasteiger charge is -2.32. The second-order valence-corrected chi connectivity index (χ2v) is 5.77. The van der Waals surface area contributed by atoms with Crippen LogP contribution in [0.15, 0.2) is 4.42 Å². The number of rotatable bonds is 2. The molecular formula is C12H22N4O. The first-order valence-corrected chi connectivity index (χ1v) is 6.24. The maximum absolute atomic E-state index is 5.71. The fraction of sp³-hybridized carbons (Fsp3) is 0.833. The van der Waals surface area contributed by atoms with Crippen LogP contribution in [0.5, 0.6) is 0 Å². The van der Waals surface area contributed by atoms with E-state index in [0.29, 0.717) is 6.04 Å². The van der Waals surface area contributed by atoms with Crippen molar-refractivity contribution in [1.29, 1.82) is 0 Å². The van der Waals surface area contributed by atoms with Crippen LogP contribution >= 0.6 is 0 Å². The monoisotopic (exact) mass is 238 g/mol. The highest BCUT2D eigenvalue weighted by Gasteiger charge is 2.24. The molecule has 1 fully saturated rings. The van der Waals surface area contributed by atoms with Crippen molar-refractivity contribution in [1.82, 2.24) is 20.4 Å². The Hall–Kier alpha value is -0.940. The molecule has 0 spiro atoms. The van der Waals surface area contributed by atoms with Gasteiger partial charge in [-0.15, -0.1) is 10.2 Å². The van der Waals surface area contributed by atoms with Gasteiger partial charge in [-0.05, 0) is 6.92 Å². The molecule has 2 heterocycles. The van der Waals surface area contributed by atoms with Crippen molar-refractivity contribution in [2.75, 3.05) is 19.6 Å². The molecule has 1 aromatic heterocycles. The molecule has 1 saturated heterocycles. The quantitative estimate of drug-likeness (QED) is 0.838. The van der Waals surface area contributed by atoms with Gasteiger partial charge in [0.05, 0.1) is 6.54 Å². The predicted molar refractivity (Wildman–Crippen MR) is 65.7 cm³/mol. The van der Waals surface area contributed by atoms with Crippen molar-refractivity contribution in [3.05, 3.63) is 11.8 Å². The van der Waals surface area contributed by atoms with E-state index in [1.54, 1.807) is 0 Å². The number of nitrogens with zero attached hydrogens (tertiary/aromatic N) is 3. The molecule has 96 valence electrons. The Morgan fingerprint density at radius 2 is 2.18 bits per heavy atom. The van der Waals surface area contributed by atoms with Crippen molar-refractivity contribution < 1.29 is 4.42 Å². The summed E-state index contributed by atoms with van der Waals surface area (Å²) in [7, 11) is 0. The van der Waals surface area contributed by atoms with Gasteiger partial charge in [0.1, 0.15) is 0 Å². The lowest BCUT2D eigenvalue weighted by molar-refractivity contribution is 0.149. The van der Waals surface area contributed by atoms with Crippen molar-refractivity contribution in [2.45, 2.75) is 45.7 Å². The van der Waals surface area contributed by atoms with Crippen LogP contribution in [0, 0.1) is 0 Å². The molecule has 1 aliphatic heterocycles. The summed E-state index contributed by atoms with van der Waals surface area (Å²) in [6.07, 6.45) is 0. The van der Waals surface area contributed by atoms with Crippen LogP contribution in [0.3, 0.4) is 0 Å². The van der Waals surface area contributed by atoms with Gasteiger partial charge in [0.25, 0.3) is 0 Å². The van der Waals surface area contributed by atoms with Crippen LogP contribution < -0.4 is 5.32 Å². The summed E-state index contributed by atoms with van der Waals surface area (Å²) in [5.41, 5.74) is -0.0691. The maximum Gasteiger partial charge on any atom is 0.230 e. The van der Waals surface area contributed by atoms with Gasteiger partial charge in [-0.1, -0.05) is 20.8 Å². The van der Waals surface area contributed by atoms with Gasteiger partial charge in [0, 0.05) is 31.1 Å². The molecule has 0 aliphatic carbocycles. The molecule has 1 unspecified atom stereocenters. The molecule has 17 heavy (non-hydrogen) atoms. The summed E-state index contributed by atoms with van der Waals surface area (Å²) < 4.78 is 5.71. The van der Waals surface area contributed by atoms with Gasteiger partial charge in [0.2, 0.25) is 11.8 Å². The number of hydrogen-bond donors (Lipinski definition) is 1. The third kappa shape index (κ3) is 3.04. The van der Waals surface area contributed by atoms with Gasteiger partial charge in [-0.25, -0.2) is 0 Å². The molecule has 1 aliphatic rings. The molecule has 2 rings (SSSR count). The fourth-order valence-electron chi connectivity index (χ4n) is 1.91. The van der Waals surface area contributed by atoms with E-state index in [1.807, 2.05) is 0 Å². The molecule has 0 saturated carbocycles. The molecule has 0 radical (unpaired) electrons. The van der Waals surface area contributed by atoms with Gasteiger partial charge in [-0.3, -0.25) is 4.90 Å². The first-order valence-electron chi connectivity index (χ1n) is 6.24. The Balaban J connectivity index is 2.01. The minimum atomic E-state index is -0.0691. The summed E-state index contributed by atoms with van der Waals surface area (Å²) in [6.45, 7) is 12.3. The van der Waals surface area contributed by atoms with E-state index in [9.17, 15) is 0 Å². The van der Waals surface area contributed by atoms with E-state index >= 15 is 0 Å². The molecule has 5 nitrogen and oxygen atoms in total. The Morgan fingerprint density at radius 1 is 1.41 bits per heavy atom. The summed E-state index contributed by atoms with van der Waals surface area (Å²) >= 11 is 0. The average molecular weight is 238 g/mol. The first-order chi connectivity index (χ1) is 7.97. The highest BCUT2D eigenvalue weighted by atomic mass is 16.4. The van der Waals surface area contributed by atoms with Crippen molar-refractivity contribution in [3.8, 4) is 0 Å². The van der Waals surface area contributed by atoms with Crippen molar-refractivity contribution in [2.24, 2.45) is 0 Å². The zero-order valence-electron chi connectivity index (χ0n) is 11.2. The molecule has 0 aromatic carbocycles. The fourth-order valence-corrected chi connectivity index (χ4v) is 1.91. The van der Waals surface area contributed by atoms with E-state index in [2.05, 4.69) is 48.1 Å². The standard InChI is InChI=1S/C12H22N4O/c1-9-7-13-5-6-16(9)8-10-14-15-11(17-10)12(2,3)4/h9,13H,5-8H2,1-4H3. The molecule has 5 heteroatoms. The highest BCUT2D eigenvalue weighted by Crippen LogP contribution is 2.21. The normalized spacial score (nSPS) is 22.9. The Morgan fingerprint density at radius 3 is 2.76 bits per heavy atom. The van der Waals surface area contributed by atoms with Gasteiger partial charge >= 0.3 is 0 Å². The van der Waals surface area contributed by atoms with Crippen LogP contribution in [0.4, 0.5) is 0 Å².